The third kappa shape index (κ3) is 4.57. The molecule has 1 atom stereocenters. The number of ether oxygens (including phenoxy) is 3. The number of nitrogens with zero attached hydrogens (tertiary/aromatic N) is 1. The van der Waals surface area contributed by atoms with Gasteiger partial charge in [0.15, 0.2) is 11.5 Å². The van der Waals surface area contributed by atoms with Gasteiger partial charge >= 0.3 is 0 Å². The van der Waals surface area contributed by atoms with Gasteiger partial charge in [0.1, 0.15) is 17.3 Å². The van der Waals surface area contributed by atoms with Gasteiger partial charge in [-0.3, -0.25) is 9.59 Å². The third-order valence-corrected chi connectivity index (χ3v) is 6.04. The van der Waals surface area contributed by atoms with Gasteiger partial charge in [0.05, 0.1) is 39.0 Å². The maximum absolute atomic E-state index is 13.3. The number of hydrogen-bond donors (Lipinski definition) is 2. The van der Waals surface area contributed by atoms with Crippen LogP contribution in [0.2, 0.25) is 0 Å². The summed E-state index contributed by atoms with van der Waals surface area (Å²) in [6.07, 6.45) is 0. The summed E-state index contributed by atoms with van der Waals surface area (Å²) in [6, 6.07) is 17.4. The van der Waals surface area contributed by atoms with Crippen LogP contribution in [0.5, 0.6) is 23.0 Å². The summed E-state index contributed by atoms with van der Waals surface area (Å²) in [6.45, 7) is 2.15. The highest BCUT2D eigenvalue weighted by Gasteiger charge is 2.46. The van der Waals surface area contributed by atoms with Crippen molar-refractivity contribution in [2.24, 2.45) is 0 Å². The molecule has 0 saturated carbocycles. The lowest BCUT2D eigenvalue weighted by molar-refractivity contribution is -0.140. The standard InChI is InChI=1S/C28H27NO7/c1-4-36-23-15-18(11-14-21(23)30)25-24(26(31)17-9-12-20(34-2)13-10-17)27(32)28(33)29(25)16-19-7-5-6-8-22(19)35-3/h5-15,25,30-31H,4,16H2,1-3H3/b26-24-. The number of hydrogen-bond acceptors (Lipinski definition) is 7. The molecule has 36 heavy (non-hydrogen) atoms. The Bertz CT molecular complexity index is 1310. The van der Waals surface area contributed by atoms with E-state index in [1.807, 2.05) is 12.1 Å². The van der Waals surface area contributed by atoms with Crippen molar-refractivity contribution in [2.45, 2.75) is 19.5 Å². The highest BCUT2D eigenvalue weighted by Crippen LogP contribution is 2.43. The van der Waals surface area contributed by atoms with Gasteiger partial charge in [-0.05, 0) is 55.0 Å². The van der Waals surface area contributed by atoms with Crippen LogP contribution in [0.3, 0.4) is 0 Å². The number of methoxy groups -OCH3 is 2. The van der Waals surface area contributed by atoms with Crippen molar-refractivity contribution in [3.63, 3.8) is 0 Å². The number of aromatic hydroxyl groups is 1. The van der Waals surface area contributed by atoms with E-state index in [0.717, 1.165) is 0 Å². The fraction of sp³-hybridized carbons (Fsp3) is 0.214. The van der Waals surface area contributed by atoms with Crippen molar-refractivity contribution in [1.29, 1.82) is 0 Å². The minimum absolute atomic E-state index is 0.0590. The summed E-state index contributed by atoms with van der Waals surface area (Å²) in [5, 5.41) is 21.5. The predicted molar refractivity (Wildman–Crippen MR) is 133 cm³/mol. The Labute approximate surface area is 209 Å². The quantitative estimate of drug-likeness (QED) is 0.274. The zero-order valence-corrected chi connectivity index (χ0v) is 20.2. The molecule has 0 aromatic heterocycles. The molecule has 1 saturated heterocycles. The van der Waals surface area contributed by atoms with Crippen molar-refractivity contribution in [3.05, 3.63) is 89.0 Å². The molecule has 0 radical (unpaired) electrons. The molecule has 1 unspecified atom stereocenters. The Morgan fingerprint density at radius 2 is 1.67 bits per heavy atom. The van der Waals surface area contributed by atoms with E-state index < -0.39 is 17.7 Å². The zero-order valence-electron chi connectivity index (χ0n) is 20.2. The van der Waals surface area contributed by atoms with Crippen molar-refractivity contribution in [3.8, 4) is 23.0 Å². The highest BCUT2D eigenvalue weighted by atomic mass is 16.5. The van der Waals surface area contributed by atoms with E-state index in [1.54, 1.807) is 55.5 Å². The monoisotopic (exact) mass is 489 g/mol. The maximum atomic E-state index is 13.3. The number of phenols is 1. The molecule has 2 N–H and O–H groups in total. The largest absolute Gasteiger partial charge is 0.507 e. The Kier molecular flexibility index (Phi) is 7.15. The summed E-state index contributed by atoms with van der Waals surface area (Å²) in [4.78, 5) is 28.0. The lowest BCUT2D eigenvalue weighted by Gasteiger charge is -2.26. The first-order valence-electron chi connectivity index (χ1n) is 11.4. The topological polar surface area (TPSA) is 106 Å². The number of benzene rings is 3. The van der Waals surface area contributed by atoms with Gasteiger partial charge in [-0.15, -0.1) is 0 Å². The molecule has 1 aliphatic heterocycles. The number of phenolic OH excluding ortho intramolecular Hbond substituents is 1. The highest BCUT2D eigenvalue weighted by molar-refractivity contribution is 6.46. The number of carbonyl (C=O) groups excluding carboxylic acids is 2. The molecule has 8 heteroatoms. The smallest absolute Gasteiger partial charge is 0.295 e. The van der Waals surface area contributed by atoms with Gasteiger partial charge in [-0.1, -0.05) is 24.3 Å². The number of carbonyl (C=O) groups is 2. The molecular formula is C28H27NO7. The van der Waals surface area contributed by atoms with Crippen molar-refractivity contribution < 1.29 is 34.0 Å². The van der Waals surface area contributed by atoms with Crippen LogP contribution in [-0.4, -0.2) is 47.6 Å². The van der Waals surface area contributed by atoms with Crippen molar-refractivity contribution in [2.75, 3.05) is 20.8 Å². The van der Waals surface area contributed by atoms with Crippen LogP contribution >= 0.6 is 0 Å². The number of para-hydroxylation sites is 1. The van der Waals surface area contributed by atoms with Crippen molar-refractivity contribution in [1.82, 2.24) is 4.90 Å². The number of ketones is 1. The summed E-state index contributed by atoms with van der Waals surface area (Å²) in [7, 11) is 3.06. The Hall–Kier alpha value is -4.46. The van der Waals surface area contributed by atoms with Crippen LogP contribution in [0.25, 0.3) is 5.76 Å². The number of rotatable bonds is 8. The molecular weight excluding hydrogens is 462 g/mol. The van der Waals surface area contributed by atoms with E-state index in [-0.39, 0.29) is 29.4 Å². The second-order valence-electron chi connectivity index (χ2n) is 8.13. The molecule has 8 nitrogen and oxygen atoms in total. The summed E-state index contributed by atoms with van der Waals surface area (Å²) >= 11 is 0. The Morgan fingerprint density at radius 3 is 2.33 bits per heavy atom. The fourth-order valence-electron chi connectivity index (χ4n) is 4.28. The van der Waals surface area contributed by atoms with Gasteiger partial charge in [-0.2, -0.15) is 0 Å². The molecule has 1 heterocycles. The number of Topliss-reactive ketones (excluding diaryl/α,β-unsaturated/α-hetero) is 1. The van der Waals surface area contributed by atoms with Gasteiger partial charge in [0.25, 0.3) is 11.7 Å². The predicted octanol–water partition coefficient (Wildman–Crippen LogP) is 4.43. The maximum Gasteiger partial charge on any atom is 0.295 e. The van der Waals surface area contributed by atoms with E-state index in [4.69, 9.17) is 14.2 Å². The SMILES string of the molecule is CCOc1cc(C2/C(=C(/O)c3ccc(OC)cc3)C(=O)C(=O)N2Cc2ccccc2OC)ccc1O. The molecule has 1 amide bonds. The summed E-state index contributed by atoms with van der Waals surface area (Å²) in [5.74, 6) is -0.593. The van der Waals surface area contributed by atoms with E-state index in [9.17, 15) is 19.8 Å². The van der Waals surface area contributed by atoms with Gasteiger partial charge in [-0.25, -0.2) is 0 Å². The average Bonchev–Trinajstić information content (AvgIpc) is 3.15. The summed E-state index contributed by atoms with van der Waals surface area (Å²) in [5.41, 5.74) is 1.49. The van der Waals surface area contributed by atoms with Gasteiger partial charge in [0.2, 0.25) is 0 Å². The van der Waals surface area contributed by atoms with Gasteiger partial charge < -0.3 is 29.3 Å². The lowest BCUT2D eigenvalue weighted by atomic mass is 9.94. The number of amides is 1. The third-order valence-electron chi connectivity index (χ3n) is 6.04. The molecule has 0 aliphatic carbocycles. The van der Waals surface area contributed by atoms with Crippen molar-refractivity contribution >= 4 is 17.4 Å². The number of aliphatic hydroxyl groups excluding tert-OH is 1. The van der Waals surface area contributed by atoms with E-state index >= 15 is 0 Å². The van der Waals surface area contributed by atoms with Crippen LogP contribution in [-0.2, 0) is 16.1 Å². The normalized spacial score (nSPS) is 16.8. The molecule has 1 fully saturated rings. The fourth-order valence-corrected chi connectivity index (χ4v) is 4.28. The Morgan fingerprint density at radius 1 is 0.944 bits per heavy atom. The lowest BCUT2D eigenvalue weighted by Crippen LogP contribution is -2.29. The van der Waals surface area contributed by atoms with E-state index in [1.165, 1.54) is 25.2 Å². The zero-order chi connectivity index (χ0) is 25.8. The first-order valence-corrected chi connectivity index (χ1v) is 11.4. The molecule has 0 spiro atoms. The minimum Gasteiger partial charge on any atom is -0.507 e. The summed E-state index contributed by atoms with van der Waals surface area (Å²) < 4.78 is 16.2. The van der Waals surface area contributed by atoms with Crippen LogP contribution in [0.4, 0.5) is 0 Å². The second-order valence-corrected chi connectivity index (χ2v) is 8.13. The molecule has 0 bridgehead atoms. The molecule has 3 aromatic rings. The number of aliphatic hydroxyl groups is 1. The molecule has 4 rings (SSSR count). The van der Waals surface area contributed by atoms with E-state index in [0.29, 0.717) is 34.8 Å². The average molecular weight is 490 g/mol. The van der Waals surface area contributed by atoms with Crippen LogP contribution < -0.4 is 14.2 Å². The van der Waals surface area contributed by atoms with Crippen LogP contribution in [0, 0.1) is 0 Å². The van der Waals surface area contributed by atoms with Gasteiger partial charge in [0, 0.05) is 11.1 Å². The molecule has 1 aliphatic rings. The first-order chi connectivity index (χ1) is 17.4. The van der Waals surface area contributed by atoms with E-state index in [2.05, 4.69) is 0 Å². The number of likely N-dealkylation sites (tertiary alicyclic amines) is 1. The minimum atomic E-state index is -0.933. The molecule has 3 aromatic carbocycles. The van der Waals surface area contributed by atoms with Crippen LogP contribution in [0.1, 0.15) is 29.7 Å². The Balaban J connectivity index is 1.88. The first kappa shape index (κ1) is 24.7. The van der Waals surface area contributed by atoms with Crippen LogP contribution in [0.15, 0.2) is 72.3 Å². The molecule has 186 valence electrons. The second kappa shape index (κ2) is 10.4.